The Labute approximate surface area is 119 Å². The van der Waals surface area contributed by atoms with Crippen molar-refractivity contribution in [3.63, 3.8) is 0 Å². The van der Waals surface area contributed by atoms with Crippen LogP contribution in [0.15, 0.2) is 0 Å². The zero-order chi connectivity index (χ0) is 14.0. The molecule has 0 unspecified atom stereocenters. The van der Waals surface area contributed by atoms with Gasteiger partial charge in [0, 0.05) is 19.2 Å². The van der Waals surface area contributed by atoms with Crippen LogP contribution in [0.1, 0.15) is 25.1 Å². The summed E-state index contributed by atoms with van der Waals surface area (Å²) in [5.74, 6) is 0. The molecule has 19 heavy (non-hydrogen) atoms. The Morgan fingerprint density at radius 2 is 2.21 bits per heavy atom. The van der Waals surface area contributed by atoms with E-state index in [0.717, 1.165) is 24.2 Å². The standard InChI is InChI=1S/C13H22ClN3O2/c1-4-10-9(13(14)16(3)15-10)6-17(5-2)11-7-19-8-12(11)18/h11-12,18H,4-8H2,1-3H3/t11-,12-/m0/s1. The summed E-state index contributed by atoms with van der Waals surface area (Å²) in [7, 11) is 1.86. The molecule has 1 saturated heterocycles. The highest BCUT2D eigenvalue weighted by Gasteiger charge is 2.32. The fourth-order valence-electron chi connectivity index (χ4n) is 2.59. The molecule has 1 aliphatic rings. The average Bonchev–Trinajstić information content (AvgIpc) is 2.93. The third-order valence-corrected chi connectivity index (χ3v) is 4.22. The van der Waals surface area contributed by atoms with Gasteiger partial charge in [-0.2, -0.15) is 5.10 Å². The Bertz CT molecular complexity index is 436. The summed E-state index contributed by atoms with van der Waals surface area (Å²) >= 11 is 6.32. The molecule has 0 bridgehead atoms. The summed E-state index contributed by atoms with van der Waals surface area (Å²) in [5, 5.41) is 15.1. The quantitative estimate of drug-likeness (QED) is 0.885. The van der Waals surface area contributed by atoms with Crippen LogP contribution in [0, 0.1) is 0 Å². The maximum atomic E-state index is 9.95. The van der Waals surface area contributed by atoms with Gasteiger partial charge < -0.3 is 9.84 Å². The van der Waals surface area contributed by atoms with Gasteiger partial charge >= 0.3 is 0 Å². The van der Waals surface area contributed by atoms with Crippen molar-refractivity contribution in [1.29, 1.82) is 0 Å². The van der Waals surface area contributed by atoms with Crippen molar-refractivity contribution >= 4 is 11.6 Å². The second kappa shape index (κ2) is 6.22. The summed E-state index contributed by atoms with van der Waals surface area (Å²) in [4.78, 5) is 2.21. The SMILES string of the molecule is CCc1nn(C)c(Cl)c1CN(CC)[C@H]1COC[C@@H]1O. The first-order chi connectivity index (χ1) is 9.08. The van der Waals surface area contributed by atoms with Crippen LogP contribution in [0.3, 0.4) is 0 Å². The van der Waals surface area contributed by atoms with Gasteiger partial charge in [0.1, 0.15) is 5.15 Å². The molecule has 1 fully saturated rings. The molecule has 0 aliphatic carbocycles. The largest absolute Gasteiger partial charge is 0.389 e. The lowest BCUT2D eigenvalue weighted by Gasteiger charge is -2.28. The summed E-state index contributed by atoms with van der Waals surface area (Å²) in [5.41, 5.74) is 2.09. The van der Waals surface area contributed by atoms with Gasteiger partial charge in [0.25, 0.3) is 0 Å². The van der Waals surface area contributed by atoms with E-state index in [4.69, 9.17) is 16.3 Å². The molecule has 1 N–H and O–H groups in total. The number of ether oxygens (including phenoxy) is 1. The molecule has 108 valence electrons. The van der Waals surface area contributed by atoms with E-state index in [-0.39, 0.29) is 6.04 Å². The number of aliphatic hydroxyl groups is 1. The number of likely N-dealkylation sites (N-methyl/N-ethyl adjacent to an activating group) is 1. The minimum atomic E-state index is -0.416. The van der Waals surface area contributed by atoms with Gasteiger partial charge in [-0.15, -0.1) is 0 Å². The van der Waals surface area contributed by atoms with Gasteiger partial charge in [0.15, 0.2) is 0 Å². The maximum Gasteiger partial charge on any atom is 0.131 e. The zero-order valence-electron chi connectivity index (χ0n) is 11.8. The number of aryl methyl sites for hydroxylation is 2. The van der Waals surface area contributed by atoms with Crippen molar-refractivity contribution < 1.29 is 9.84 Å². The lowest BCUT2D eigenvalue weighted by atomic mass is 10.1. The van der Waals surface area contributed by atoms with Crippen LogP contribution in [-0.2, 0) is 24.8 Å². The second-order valence-corrected chi connectivity index (χ2v) is 5.29. The van der Waals surface area contributed by atoms with Crippen LogP contribution in [0.2, 0.25) is 5.15 Å². The number of hydrogen-bond acceptors (Lipinski definition) is 4. The predicted octanol–water partition coefficient (Wildman–Crippen LogP) is 1.22. The molecule has 0 spiro atoms. The second-order valence-electron chi connectivity index (χ2n) is 4.93. The monoisotopic (exact) mass is 287 g/mol. The summed E-state index contributed by atoms with van der Waals surface area (Å²) in [6.45, 7) is 6.71. The molecule has 5 nitrogen and oxygen atoms in total. The Kier molecular flexibility index (Phi) is 4.84. The van der Waals surface area contributed by atoms with E-state index in [1.807, 2.05) is 7.05 Å². The third-order valence-electron chi connectivity index (χ3n) is 3.74. The molecule has 0 saturated carbocycles. The molecule has 0 aromatic carbocycles. The van der Waals surface area contributed by atoms with Gasteiger partial charge in [-0.3, -0.25) is 9.58 Å². The van der Waals surface area contributed by atoms with Gasteiger partial charge in [0.05, 0.1) is 31.1 Å². The molecule has 6 heteroatoms. The number of nitrogens with zero attached hydrogens (tertiary/aromatic N) is 3. The van der Waals surface area contributed by atoms with Crippen molar-refractivity contribution in [1.82, 2.24) is 14.7 Å². The first kappa shape index (κ1) is 14.8. The Hall–Kier alpha value is -0.620. The molecule has 2 heterocycles. The van der Waals surface area contributed by atoms with Crippen LogP contribution in [0.5, 0.6) is 0 Å². The van der Waals surface area contributed by atoms with Crippen molar-refractivity contribution in [3.8, 4) is 0 Å². The number of aliphatic hydroxyl groups excluding tert-OH is 1. The molecule has 0 amide bonds. The smallest absolute Gasteiger partial charge is 0.131 e. The van der Waals surface area contributed by atoms with E-state index < -0.39 is 6.10 Å². The lowest BCUT2D eigenvalue weighted by Crippen LogP contribution is -2.42. The van der Waals surface area contributed by atoms with Crippen molar-refractivity contribution in [2.45, 2.75) is 39.0 Å². The Balaban J connectivity index is 2.18. The third kappa shape index (κ3) is 2.94. The molecular formula is C13H22ClN3O2. The minimum absolute atomic E-state index is 0.0472. The fourth-order valence-corrected chi connectivity index (χ4v) is 2.79. The minimum Gasteiger partial charge on any atom is -0.389 e. The zero-order valence-corrected chi connectivity index (χ0v) is 12.5. The van der Waals surface area contributed by atoms with E-state index in [2.05, 4.69) is 23.8 Å². The molecule has 2 rings (SSSR count). The lowest BCUT2D eigenvalue weighted by molar-refractivity contribution is 0.0807. The van der Waals surface area contributed by atoms with Gasteiger partial charge in [-0.05, 0) is 13.0 Å². The van der Waals surface area contributed by atoms with Gasteiger partial charge in [0.2, 0.25) is 0 Å². The summed E-state index contributed by atoms with van der Waals surface area (Å²) < 4.78 is 7.05. The van der Waals surface area contributed by atoms with E-state index in [1.165, 1.54) is 0 Å². The molecule has 1 aliphatic heterocycles. The molecule has 0 radical (unpaired) electrons. The average molecular weight is 288 g/mol. The van der Waals surface area contributed by atoms with E-state index >= 15 is 0 Å². The number of hydrogen-bond donors (Lipinski definition) is 1. The maximum absolute atomic E-state index is 9.95. The fraction of sp³-hybridized carbons (Fsp3) is 0.769. The van der Waals surface area contributed by atoms with Crippen LogP contribution in [0.4, 0.5) is 0 Å². The highest BCUT2D eigenvalue weighted by atomic mass is 35.5. The van der Waals surface area contributed by atoms with Crippen LogP contribution in [-0.4, -0.2) is 51.7 Å². The van der Waals surface area contributed by atoms with E-state index in [0.29, 0.717) is 24.9 Å². The first-order valence-corrected chi connectivity index (χ1v) is 7.16. The van der Waals surface area contributed by atoms with Crippen LogP contribution >= 0.6 is 11.6 Å². The van der Waals surface area contributed by atoms with Gasteiger partial charge in [-0.1, -0.05) is 25.4 Å². The van der Waals surface area contributed by atoms with Crippen molar-refractivity contribution in [3.05, 3.63) is 16.4 Å². The van der Waals surface area contributed by atoms with Crippen molar-refractivity contribution in [2.24, 2.45) is 7.05 Å². The van der Waals surface area contributed by atoms with E-state index in [9.17, 15) is 5.11 Å². The van der Waals surface area contributed by atoms with Gasteiger partial charge in [-0.25, -0.2) is 0 Å². The number of aromatic nitrogens is 2. The molecule has 1 aromatic heterocycles. The Morgan fingerprint density at radius 1 is 1.47 bits per heavy atom. The molecule has 1 aromatic rings. The Morgan fingerprint density at radius 3 is 2.74 bits per heavy atom. The molecular weight excluding hydrogens is 266 g/mol. The normalized spacial score (nSPS) is 23.5. The topological polar surface area (TPSA) is 50.5 Å². The highest BCUT2D eigenvalue weighted by molar-refractivity contribution is 6.30. The molecule has 2 atom stereocenters. The van der Waals surface area contributed by atoms with E-state index in [1.54, 1.807) is 4.68 Å². The summed E-state index contributed by atoms with van der Waals surface area (Å²) in [6.07, 6.45) is 0.442. The summed E-state index contributed by atoms with van der Waals surface area (Å²) in [6, 6.07) is 0.0472. The number of rotatable bonds is 5. The van der Waals surface area contributed by atoms with Crippen molar-refractivity contribution in [2.75, 3.05) is 19.8 Å². The van der Waals surface area contributed by atoms with Crippen LogP contribution < -0.4 is 0 Å². The number of halogens is 1. The highest BCUT2D eigenvalue weighted by Crippen LogP contribution is 2.24. The first-order valence-electron chi connectivity index (χ1n) is 6.78. The predicted molar refractivity (Wildman–Crippen MR) is 74.3 cm³/mol. The van der Waals surface area contributed by atoms with Crippen LogP contribution in [0.25, 0.3) is 0 Å².